The van der Waals surface area contributed by atoms with E-state index in [0.717, 1.165) is 51.4 Å². The fraction of sp³-hybridized carbons (Fsp3) is 0.733. The van der Waals surface area contributed by atoms with Crippen LogP contribution < -0.4 is 0 Å². The molecule has 2 N–H and O–H groups in total. The summed E-state index contributed by atoms with van der Waals surface area (Å²) in [6.45, 7) is 6.95. The van der Waals surface area contributed by atoms with Gasteiger partial charge in [-0.25, -0.2) is 0 Å². The molecule has 0 radical (unpaired) electrons. The Bertz CT molecular complexity index is 702. The van der Waals surface area contributed by atoms with Gasteiger partial charge in [0.2, 0.25) is 0 Å². The second-order valence-electron chi connectivity index (χ2n) is 10.9. The Morgan fingerprint density at radius 2 is 1.03 bits per heavy atom. The van der Waals surface area contributed by atoms with Gasteiger partial charge in [0.1, 0.15) is 0 Å². The molecule has 1 aromatic carbocycles. The summed E-state index contributed by atoms with van der Waals surface area (Å²) in [5.41, 5.74) is 4.76. The molecule has 4 nitrogen and oxygen atoms in total. The van der Waals surface area contributed by atoms with Gasteiger partial charge < -0.3 is 10.2 Å². The zero-order chi connectivity index (χ0) is 25.2. The predicted molar refractivity (Wildman–Crippen MR) is 142 cm³/mol. The van der Waals surface area contributed by atoms with Gasteiger partial charge in [-0.15, -0.1) is 0 Å². The third kappa shape index (κ3) is 14.4. The highest BCUT2D eigenvalue weighted by Crippen LogP contribution is 2.30. The second-order valence-corrected chi connectivity index (χ2v) is 10.9. The molecule has 0 atom stereocenters. The minimum Gasteiger partial charge on any atom is -0.481 e. The van der Waals surface area contributed by atoms with Crippen molar-refractivity contribution in [1.82, 2.24) is 0 Å². The van der Waals surface area contributed by atoms with Crippen molar-refractivity contribution in [3.05, 3.63) is 34.9 Å². The van der Waals surface area contributed by atoms with Gasteiger partial charge in [-0.3, -0.25) is 9.59 Å². The lowest BCUT2D eigenvalue weighted by atomic mass is 9.80. The maximum absolute atomic E-state index is 10.6. The quantitative estimate of drug-likeness (QED) is 0.186. The third-order valence-corrected chi connectivity index (χ3v) is 6.74. The normalized spacial score (nSPS) is 11.6. The predicted octanol–water partition coefficient (Wildman–Crippen LogP) is 8.48. The minimum absolute atomic E-state index is 0.158. The Morgan fingerprint density at radius 3 is 1.47 bits per heavy atom. The number of carboxylic acid groups (broad SMARTS) is 2. The average Bonchev–Trinajstić information content (AvgIpc) is 2.76. The van der Waals surface area contributed by atoms with Crippen molar-refractivity contribution >= 4 is 11.9 Å². The molecule has 0 spiro atoms. The first-order valence-corrected chi connectivity index (χ1v) is 13.8. The van der Waals surface area contributed by atoms with E-state index in [1.54, 1.807) is 5.56 Å². The summed E-state index contributed by atoms with van der Waals surface area (Å²) in [4.78, 5) is 21.2. The lowest BCUT2D eigenvalue weighted by Crippen LogP contribution is -2.16. The smallest absolute Gasteiger partial charge is 0.303 e. The van der Waals surface area contributed by atoms with Crippen molar-refractivity contribution in [3.8, 4) is 0 Å². The summed E-state index contributed by atoms with van der Waals surface area (Å²) in [5, 5.41) is 17.4. The number of hydrogen-bond acceptors (Lipinski definition) is 2. The van der Waals surface area contributed by atoms with Crippen LogP contribution in [0.5, 0.6) is 0 Å². The van der Waals surface area contributed by atoms with Gasteiger partial charge in [0, 0.05) is 12.8 Å². The summed E-state index contributed by atoms with van der Waals surface area (Å²) in [6.07, 6.45) is 18.8. The molecule has 0 amide bonds. The Balaban J connectivity index is 2.40. The molecule has 0 heterocycles. The van der Waals surface area contributed by atoms with E-state index in [-0.39, 0.29) is 5.41 Å². The fourth-order valence-corrected chi connectivity index (χ4v) is 4.80. The Hall–Kier alpha value is -1.84. The molecule has 4 heteroatoms. The summed E-state index contributed by atoms with van der Waals surface area (Å²) >= 11 is 0. The molecule has 0 unspecified atom stereocenters. The van der Waals surface area contributed by atoms with E-state index in [0.29, 0.717) is 12.8 Å². The van der Waals surface area contributed by atoms with Crippen molar-refractivity contribution in [1.29, 1.82) is 0 Å². The van der Waals surface area contributed by atoms with Gasteiger partial charge in [-0.1, -0.05) is 103 Å². The highest BCUT2D eigenvalue weighted by molar-refractivity contribution is 5.66. The number of carbonyl (C=O) groups is 2. The molecule has 0 fully saturated rings. The lowest BCUT2D eigenvalue weighted by molar-refractivity contribution is -0.138. The number of unbranched alkanes of at least 4 members (excludes halogenated alkanes) is 12. The molecule has 194 valence electrons. The van der Waals surface area contributed by atoms with Crippen LogP contribution in [-0.4, -0.2) is 22.2 Å². The van der Waals surface area contributed by atoms with Gasteiger partial charge in [-0.05, 0) is 60.6 Å². The van der Waals surface area contributed by atoms with Gasteiger partial charge in [0.25, 0.3) is 0 Å². The van der Waals surface area contributed by atoms with Crippen molar-refractivity contribution in [2.45, 2.75) is 142 Å². The lowest BCUT2D eigenvalue weighted by Gasteiger charge is -2.25. The van der Waals surface area contributed by atoms with Crippen LogP contribution >= 0.6 is 0 Å². The van der Waals surface area contributed by atoms with Gasteiger partial charge in [-0.2, -0.15) is 0 Å². The van der Waals surface area contributed by atoms with Crippen molar-refractivity contribution in [2.75, 3.05) is 0 Å². The van der Waals surface area contributed by atoms with E-state index in [2.05, 4.69) is 39.0 Å². The van der Waals surface area contributed by atoms with Crippen LogP contribution in [-0.2, 0) is 27.8 Å². The first kappa shape index (κ1) is 30.2. The maximum Gasteiger partial charge on any atom is 0.303 e. The highest BCUT2D eigenvalue weighted by atomic mass is 16.4. The van der Waals surface area contributed by atoms with Gasteiger partial charge >= 0.3 is 11.9 Å². The van der Waals surface area contributed by atoms with Crippen LogP contribution in [0, 0.1) is 0 Å². The molecule has 0 bridgehead atoms. The topological polar surface area (TPSA) is 74.6 Å². The molecule has 34 heavy (non-hydrogen) atoms. The van der Waals surface area contributed by atoms with Gasteiger partial charge in [0.15, 0.2) is 0 Å². The van der Waals surface area contributed by atoms with E-state index in [9.17, 15) is 9.59 Å². The molecule has 1 aromatic rings. The van der Waals surface area contributed by atoms with Crippen LogP contribution in [0.4, 0.5) is 0 Å². The monoisotopic (exact) mass is 474 g/mol. The zero-order valence-corrected chi connectivity index (χ0v) is 22.2. The Kier molecular flexibility index (Phi) is 15.6. The number of aliphatic carboxylic acids is 2. The number of carboxylic acids is 2. The van der Waals surface area contributed by atoms with Gasteiger partial charge in [0.05, 0.1) is 0 Å². The molecular formula is C30H50O4. The molecule has 0 aliphatic rings. The molecule has 1 rings (SSSR count). The summed E-state index contributed by atoms with van der Waals surface area (Å²) in [6, 6.07) is 6.89. The summed E-state index contributed by atoms with van der Waals surface area (Å²) < 4.78 is 0. The summed E-state index contributed by atoms with van der Waals surface area (Å²) in [7, 11) is 0. The minimum atomic E-state index is -0.679. The SMILES string of the molecule is CC(C)(C)c1cccc(CCCCCCCCCC(=O)O)c1CCCCCCCCCC(=O)O. The van der Waals surface area contributed by atoms with Crippen LogP contribution in [0.1, 0.15) is 140 Å². The largest absolute Gasteiger partial charge is 0.481 e. The van der Waals surface area contributed by atoms with Crippen LogP contribution in [0.25, 0.3) is 0 Å². The second kappa shape index (κ2) is 17.6. The number of aryl methyl sites for hydroxylation is 1. The first-order chi connectivity index (χ1) is 16.2. The molecule has 0 saturated heterocycles. The van der Waals surface area contributed by atoms with Crippen molar-refractivity contribution in [3.63, 3.8) is 0 Å². The van der Waals surface area contributed by atoms with E-state index >= 15 is 0 Å². The maximum atomic E-state index is 10.6. The average molecular weight is 475 g/mol. The van der Waals surface area contributed by atoms with Crippen LogP contribution in [0.15, 0.2) is 18.2 Å². The molecule has 0 aromatic heterocycles. The Labute approximate surface area is 208 Å². The molecule has 0 aliphatic carbocycles. The molecule has 0 saturated carbocycles. The van der Waals surface area contributed by atoms with Crippen LogP contribution in [0.2, 0.25) is 0 Å². The molecule has 0 aliphatic heterocycles. The first-order valence-electron chi connectivity index (χ1n) is 13.8. The fourth-order valence-electron chi connectivity index (χ4n) is 4.80. The standard InChI is InChI=1S/C30H50O4/c1-30(2,3)27-22-18-20-25(19-14-10-6-4-8-12-16-23-28(31)32)26(27)21-15-11-7-5-9-13-17-24-29(33)34/h18,20,22H,4-17,19,21,23-24H2,1-3H3,(H,31,32)(H,33,34). The number of rotatable bonds is 20. The number of hydrogen-bond donors (Lipinski definition) is 2. The Morgan fingerprint density at radius 1 is 0.618 bits per heavy atom. The van der Waals surface area contributed by atoms with Crippen LogP contribution in [0.3, 0.4) is 0 Å². The molecular weight excluding hydrogens is 424 g/mol. The van der Waals surface area contributed by atoms with Crippen molar-refractivity contribution < 1.29 is 19.8 Å². The highest BCUT2D eigenvalue weighted by Gasteiger charge is 2.19. The van der Waals surface area contributed by atoms with E-state index in [4.69, 9.17) is 10.2 Å². The third-order valence-electron chi connectivity index (χ3n) is 6.74. The zero-order valence-electron chi connectivity index (χ0n) is 22.2. The summed E-state index contributed by atoms with van der Waals surface area (Å²) in [5.74, 6) is -1.36. The van der Waals surface area contributed by atoms with Crippen molar-refractivity contribution in [2.24, 2.45) is 0 Å². The van der Waals surface area contributed by atoms with E-state index < -0.39 is 11.9 Å². The van der Waals surface area contributed by atoms with E-state index in [1.807, 2.05) is 0 Å². The number of benzene rings is 1. The van der Waals surface area contributed by atoms with E-state index in [1.165, 1.54) is 62.5 Å².